The van der Waals surface area contributed by atoms with Gasteiger partial charge in [0.2, 0.25) is 0 Å². The van der Waals surface area contributed by atoms with E-state index in [0.717, 1.165) is 6.42 Å². The number of para-hydroxylation sites is 1. The predicted octanol–water partition coefficient (Wildman–Crippen LogP) is 3.47. The number of nitrogens with one attached hydrogen (secondary N) is 1. The van der Waals surface area contributed by atoms with Crippen LogP contribution < -0.4 is 9.50 Å². The van der Waals surface area contributed by atoms with Crippen LogP contribution in [0.25, 0.3) is 0 Å². The molecule has 0 aliphatic carbocycles. The molecule has 3 aromatic rings. The molecular formula is C22H21NO4S. The van der Waals surface area contributed by atoms with Gasteiger partial charge in [-0.05, 0) is 42.8 Å². The van der Waals surface area contributed by atoms with Crippen molar-refractivity contribution in [3.05, 3.63) is 96.1 Å². The maximum absolute atomic E-state index is 12.6. The van der Waals surface area contributed by atoms with E-state index >= 15 is 0 Å². The first-order valence-electron chi connectivity index (χ1n) is 8.93. The molecule has 0 atom stereocenters. The average Bonchev–Trinajstić information content (AvgIpc) is 2.72. The molecule has 0 aromatic heterocycles. The molecule has 5 nitrogen and oxygen atoms in total. The zero-order chi connectivity index (χ0) is 19.8. The minimum atomic E-state index is -4.00. The summed E-state index contributed by atoms with van der Waals surface area (Å²) in [7, 11) is -4.00. The van der Waals surface area contributed by atoms with Crippen LogP contribution >= 0.6 is 0 Å². The summed E-state index contributed by atoms with van der Waals surface area (Å²) in [6, 6.07) is 24.2. The largest absolute Gasteiger partial charge is 0.378 e. The normalized spacial score (nSPS) is 11.1. The first-order chi connectivity index (χ1) is 13.6. The van der Waals surface area contributed by atoms with E-state index in [1.54, 1.807) is 36.4 Å². The Morgan fingerprint density at radius 3 is 2.14 bits per heavy atom. The van der Waals surface area contributed by atoms with E-state index in [9.17, 15) is 13.2 Å². The van der Waals surface area contributed by atoms with Crippen LogP contribution in [-0.2, 0) is 16.5 Å². The van der Waals surface area contributed by atoms with Crippen molar-refractivity contribution < 1.29 is 17.4 Å². The lowest BCUT2D eigenvalue weighted by Gasteiger charge is -2.11. The zero-order valence-corrected chi connectivity index (χ0v) is 16.1. The molecule has 3 rings (SSSR count). The number of carbonyl (C=O) groups is 1. The van der Waals surface area contributed by atoms with Crippen LogP contribution in [-0.4, -0.2) is 27.3 Å². The van der Waals surface area contributed by atoms with Crippen molar-refractivity contribution in [2.24, 2.45) is 0 Å². The molecule has 144 valence electrons. The molecular weight excluding hydrogens is 374 g/mol. The van der Waals surface area contributed by atoms with Crippen LogP contribution in [0.2, 0.25) is 0 Å². The molecule has 6 heteroatoms. The number of rotatable bonds is 9. The van der Waals surface area contributed by atoms with Gasteiger partial charge in [-0.25, -0.2) is 0 Å². The lowest BCUT2D eigenvalue weighted by Crippen LogP contribution is -2.25. The van der Waals surface area contributed by atoms with Gasteiger partial charge < -0.3 is 9.50 Å². The Morgan fingerprint density at radius 2 is 1.43 bits per heavy atom. The van der Waals surface area contributed by atoms with Gasteiger partial charge in [-0.3, -0.25) is 4.79 Å². The molecule has 1 N–H and O–H groups in total. The second-order valence-corrected chi connectivity index (χ2v) is 7.73. The van der Waals surface area contributed by atoms with E-state index in [2.05, 4.69) is 5.32 Å². The number of ketones is 1. The van der Waals surface area contributed by atoms with Crippen LogP contribution in [0.5, 0.6) is 5.75 Å². The van der Waals surface area contributed by atoms with Gasteiger partial charge in [0.25, 0.3) is 0 Å². The highest BCUT2D eigenvalue weighted by Crippen LogP contribution is 2.23. The molecule has 0 saturated heterocycles. The highest BCUT2D eigenvalue weighted by molar-refractivity contribution is 7.87. The monoisotopic (exact) mass is 395 g/mol. The maximum atomic E-state index is 12.6. The minimum Gasteiger partial charge on any atom is -0.378 e. The highest BCUT2D eigenvalue weighted by Gasteiger charge is 2.20. The third-order valence-corrected chi connectivity index (χ3v) is 5.39. The summed E-state index contributed by atoms with van der Waals surface area (Å²) in [4.78, 5) is 12.6. The molecule has 0 amide bonds. The summed E-state index contributed by atoms with van der Waals surface area (Å²) in [5.41, 5.74) is 1.41. The van der Waals surface area contributed by atoms with E-state index < -0.39 is 10.1 Å². The maximum Gasteiger partial charge on any atom is 0.339 e. The number of Topliss-reactive ketones (excluding diaryl/α,β-unsaturated/α-hetero) is 1. The SMILES string of the molecule is O=C(CNCCc1ccccc1)c1ccccc1OS(=O)(=O)c1ccccc1. The Hall–Kier alpha value is -2.96. The first-order valence-corrected chi connectivity index (χ1v) is 10.3. The smallest absolute Gasteiger partial charge is 0.339 e. The third kappa shape index (κ3) is 5.28. The molecule has 0 saturated carbocycles. The van der Waals surface area contributed by atoms with Gasteiger partial charge in [0.05, 0.1) is 12.1 Å². The van der Waals surface area contributed by atoms with Crippen molar-refractivity contribution in [1.29, 1.82) is 0 Å². The Balaban J connectivity index is 1.64. The number of benzene rings is 3. The van der Waals surface area contributed by atoms with Crippen molar-refractivity contribution in [1.82, 2.24) is 5.32 Å². The molecule has 3 aromatic carbocycles. The Labute approximate surface area is 165 Å². The van der Waals surface area contributed by atoms with E-state index in [1.165, 1.54) is 23.8 Å². The van der Waals surface area contributed by atoms with Crippen LogP contribution in [0.15, 0.2) is 89.8 Å². The molecule has 0 heterocycles. The third-order valence-electron chi connectivity index (χ3n) is 4.14. The van der Waals surface area contributed by atoms with Crippen molar-refractivity contribution in [3.63, 3.8) is 0 Å². The summed E-state index contributed by atoms with van der Waals surface area (Å²) in [5, 5.41) is 3.10. The molecule has 0 fully saturated rings. The van der Waals surface area contributed by atoms with Crippen molar-refractivity contribution >= 4 is 15.9 Å². The lowest BCUT2D eigenvalue weighted by atomic mass is 10.1. The summed E-state index contributed by atoms with van der Waals surface area (Å²) < 4.78 is 30.1. The molecule has 0 aliphatic rings. The van der Waals surface area contributed by atoms with Gasteiger partial charge in [0.1, 0.15) is 4.90 Å². The van der Waals surface area contributed by atoms with Gasteiger partial charge in [0, 0.05) is 0 Å². The van der Waals surface area contributed by atoms with E-state index in [4.69, 9.17) is 4.18 Å². The van der Waals surface area contributed by atoms with Crippen molar-refractivity contribution in [3.8, 4) is 5.75 Å². The fourth-order valence-corrected chi connectivity index (χ4v) is 3.67. The second kappa shape index (κ2) is 9.30. The summed E-state index contributed by atoms with van der Waals surface area (Å²) in [6.07, 6.45) is 0.800. The van der Waals surface area contributed by atoms with Gasteiger partial charge >= 0.3 is 10.1 Å². The highest BCUT2D eigenvalue weighted by atomic mass is 32.2. The molecule has 0 bridgehead atoms. The van der Waals surface area contributed by atoms with Gasteiger partial charge in [-0.1, -0.05) is 60.7 Å². The van der Waals surface area contributed by atoms with E-state index in [0.29, 0.717) is 6.54 Å². The van der Waals surface area contributed by atoms with Crippen molar-refractivity contribution in [2.45, 2.75) is 11.3 Å². The fourth-order valence-electron chi connectivity index (χ4n) is 2.70. The van der Waals surface area contributed by atoms with Gasteiger partial charge in [-0.2, -0.15) is 8.42 Å². The number of hydrogen-bond acceptors (Lipinski definition) is 5. The van der Waals surface area contributed by atoms with Crippen LogP contribution in [0.1, 0.15) is 15.9 Å². The molecule has 0 radical (unpaired) electrons. The molecule has 0 spiro atoms. The van der Waals surface area contributed by atoms with Gasteiger partial charge in [0.15, 0.2) is 11.5 Å². The van der Waals surface area contributed by atoms with E-state index in [1.807, 2.05) is 30.3 Å². The Morgan fingerprint density at radius 1 is 0.821 bits per heavy atom. The summed E-state index contributed by atoms with van der Waals surface area (Å²) in [6.45, 7) is 0.736. The predicted molar refractivity (Wildman–Crippen MR) is 108 cm³/mol. The van der Waals surface area contributed by atoms with Crippen molar-refractivity contribution in [2.75, 3.05) is 13.1 Å². The molecule has 0 unspecified atom stereocenters. The first kappa shape index (κ1) is 19.8. The quantitative estimate of drug-likeness (QED) is 0.341. The number of hydrogen-bond donors (Lipinski definition) is 1. The number of carbonyl (C=O) groups excluding carboxylic acids is 1. The second-order valence-electron chi connectivity index (χ2n) is 6.18. The van der Waals surface area contributed by atoms with Crippen LogP contribution in [0.4, 0.5) is 0 Å². The Kier molecular flexibility index (Phi) is 6.57. The van der Waals surface area contributed by atoms with Gasteiger partial charge in [-0.15, -0.1) is 0 Å². The topological polar surface area (TPSA) is 72.5 Å². The van der Waals surface area contributed by atoms with E-state index in [-0.39, 0.29) is 28.5 Å². The summed E-state index contributed by atoms with van der Waals surface area (Å²) in [5.74, 6) is -0.201. The fraction of sp³-hybridized carbons (Fsp3) is 0.136. The lowest BCUT2D eigenvalue weighted by molar-refractivity contribution is 0.0990. The zero-order valence-electron chi connectivity index (χ0n) is 15.2. The average molecular weight is 395 g/mol. The Bertz CT molecular complexity index is 1020. The molecule has 0 aliphatic heterocycles. The molecule has 28 heavy (non-hydrogen) atoms. The minimum absolute atomic E-state index is 0.0289. The standard InChI is InChI=1S/C22H21NO4S/c24-21(17-23-16-15-18-9-3-1-4-10-18)20-13-7-8-14-22(20)27-28(25,26)19-11-5-2-6-12-19/h1-14,23H,15-17H2. The summed E-state index contributed by atoms with van der Waals surface area (Å²) >= 11 is 0. The van der Waals surface area contributed by atoms with Crippen LogP contribution in [0.3, 0.4) is 0 Å². The van der Waals surface area contributed by atoms with Crippen LogP contribution in [0, 0.1) is 0 Å².